The van der Waals surface area contributed by atoms with Gasteiger partial charge in [0.05, 0.1) is 11.3 Å². The molecule has 0 unspecified atom stereocenters. The predicted molar refractivity (Wildman–Crippen MR) is 125 cm³/mol. The van der Waals surface area contributed by atoms with Crippen LogP contribution in [0.4, 0.5) is 5.69 Å². The summed E-state index contributed by atoms with van der Waals surface area (Å²) in [6.07, 6.45) is 3.26. The first kappa shape index (κ1) is 21.2. The number of carboxylic acids is 1. The van der Waals surface area contributed by atoms with E-state index in [-0.39, 0.29) is 16.2 Å². The number of anilines is 1. The second kappa shape index (κ2) is 8.24. The van der Waals surface area contributed by atoms with Crippen LogP contribution < -0.4 is 10.2 Å². The third kappa shape index (κ3) is 3.83. The van der Waals surface area contributed by atoms with Crippen LogP contribution in [0.1, 0.15) is 27.2 Å². The fraction of sp³-hybridized carbons (Fsp3) is 0.0833. The van der Waals surface area contributed by atoms with Crippen LogP contribution in [0.15, 0.2) is 66.4 Å². The van der Waals surface area contributed by atoms with E-state index in [0.29, 0.717) is 17.1 Å². The van der Waals surface area contributed by atoms with Crippen molar-refractivity contribution in [1.82, 2.24) is 9.88 Å². The van der Waals surface area contributed by atoms with Gasteiger partial charge in [-0.1, -0.05) is 6.07 Å². The lowest BCUT2D eigenvalue weighted by Gasteiger charge is -2.29. The van der Waals surface area contributed by atoms with E-state index in [1.54, 1.807) is 41.1 Å². The van der Waals surface area contributed by atoms with Crippen molar-refractivity contribution < 1.29 is 19.5 Å². The lowest BCUT2D eigenvalue weighted by Crippen LogP contribution is -2.54. The van der Waals surface area contributed by atoms with Crippen LogP contribution in [-0.4, -0.2) is 32.6 Å². The molecule has 0 saturated carbocycles. The summed E-state index contributed by atoms with van der Waals surface area (Å²) in [7, 11) is 0. The number of hydrogen-bond donors (Lipinski definition) is 2. The molecule has 160 valence electrons. The molecule has 2 heterocycles. The zero-order valence-electron chi connectivity index (χ0n) is 17.3. The minimum atomic E-state index is -1.02. The number of benzene rings is 2. The monoisotopic (exact) mass is 445 g/mol. The maximum atomic E-state index is 13.3. The Morgan fingerprint density at radius 1 is 1.00 bits per heavy atom. The molecule has 1 aliphatic heterocycles. The summed E-state index contributed by atoms with van der Waals surface area (Å²) < 4.78 is 1.76. The van der Waals surface area contributed by atoms with Crippen molar-refractivity contribution >= 4 is 46.9 Å². The van der Waals surface area contributed by atoms with Gasteiger partial charge in [-0.3, -0.25) is 19.8 Å². The molecule has 0 atom stereocenters. The number of aromatic nitrogens is 1. The van der Waals surface area contributed by atoms with Crippen LogP contribution in [0.2, 0.25) is 0 Å². The minimum Gasteiger partial charge on any atom is -0.478 e. The van der Waals surface area contributed by atoms with Crippen molar-refractivity contribution in [3.63, 3.8) is 0 Å². The number of nitrogens with one attached hydrogen (secondary N) is 1. The van der Waals surface area contributed by atoms with Crippen LogP contribution in [0.5, 0.6) is 0 Å². The average molecular weight is 446 g/mol. The van der Waals surface area contributed by atoms with E-state index in [1.807, 2.05) is 26.0 Å². The van der Waals surface area contributed by atoms with Crippen molar-refractivity contribution in [1.29, 1.82) is 0 Å². The van der Waals surface area contributed by atoms with E-state index in [1.165, 1.54) is 23.1 Å². The molecule has 0 bridgehead atoms. The fourth-order valence-corrected chi connectivity index (χ4v) is 3.70. The highest BCUT2D eigenvalue weighted by atomic mass is 32.1. The Morgan fingerprint density at radius 2 is 1.69 bits per heavy atom. The van der Waals surface area contributed by atoms with E-state index in [9.17, 15) is 14.4 Å². The topological polar surface area (TPSA) is 91.6 Å². The quantitative estimate of drug-likeness (QED) is 0.364. The van der Waals surface area contributed by atoms with Crippen molar-refractivity contribution in [3.05, 3.63) is 88.8 Å². The lowest BCUT2D eigenvalue weighted by atomic mass is 10.1. The Morgan fingerprint density at radius 3 is 2.34 bits per heavy atom. The van der Waals surface area contributed by atoms with Crippen molar-refractivity contribution in [3.8, 4) is 5.69 Å². The predicted octanol–water partition coefficient (Wildman–Crippen LogP) is 3.62. The van der Waals surface area contributed by atoms with Gasteiger partial charge in [-0.05, 0) is 91.8 Å². The van der Waals surface area contributed by atoms with Crippen molar-refractivity contribution in [2.45, 2.75) is 13.8 Å². The Hall–Kier alpha value is -4.04. The smallest absolute Gasteiger partial charge is 0.335 e. The molecule has 1 fully saturated rings. The molecular weight excluding hydrogens is 426 g/mol. The Bertz CT molecular complexity index is 1310. The molecule has 0 aliphatic carbocycles. The highest BCUT2D eigenvalue weighted by Gasteiger charge is 2.34. The number of carboxylic acid groups (broad SMARTS) is 1. The van der Waals surface area contributed by atoms with Crippen LogP contribution in [0.3, 0.4) is 0 Å². The average Bonchev–Trinajstić information content (AvgIpc) is 3.22. The lowest BCUT2D eigenvalue weighted by molar-refractivity contribution is -0.122. The van der Waals surface area contributed by atoms with Crippen molar-refractivity contribution in [2.75, 3.05) is 4.90 Å². The number of carbonyl (C=O) groups is 3. The first-order valence-corrected chi connectivity index (χ1v) is 10.2. The minimum absolute atomic E-state index is 0.0278. The Labute approximate surface area is 189 Å². The Balaban J connectivity index is 1.72. The van der Waals surface area contributed by atoms with Gasteiger partial charge in [-0.2, -0.15) is 0 Å². The second-order valence-corrected chi connectivity index (χ2v) is 7.77. The van der Waals surface area contributed by atoms with Crippen molar-refractivity contribution in [2.24, 2.45) is 0 Å². The molecule has 0 radical (unpaired) electrons. The van der Waals surface area contributed by atoms with E-state index < -0.39 is 17.8 Å². The summed E-state index contributed by atoms with van der Waals surface area (Å²) in [5.74, 6) is -2.11. The third-order valence-corrected chi connectivity index (χ3v) is 5.60. The molecule has 2 aromatic carbocycles. The molecule has 8 heteroatoms. The van der Waals surface area contributed by atoms with Gasteiger partial charge < -0.3 is 9.67 Å². The molecule has 2 amide bonds. The number of hydrogen-bond acceptors (Lipinski definition) is 4. The molecule has 2 N–H and O–H groups in total. The van der Waals surface area contributed by atoms with E-state index in [2.05, 4.69) is 5.32 Å². The van der Waals surface area contributed by atoms with Gasteiger partial charge in [0, 0.05) is 17.6 Å². The molecule has 1 aromatic heterocycles. The van der Waals surface area contributed by atoms with Crippen LogP contribution in [0.25, 0.3) is 11.8 Å². The number of aryl methyl sites for hydroxylation is 2. The number of rotatable bonds is 4. The maximum absolute atomic E-state index is 13.3. The number of nitrogens with zero attached hydrogens (tertiary/aromatic N) is 2. The van der Waals surface area contributed by atoms with Gasteiger partial charge in [0.1, 0.15) is 5.57 Å². The summed E-state index contributed by atoms with van der Waals surface area (Å²) in [5.41, 5.74) is 4.04. The highest BCUT2D eigenvalue weighted by molar-refractivity contribution is 7.80. The fourth-order valence-electron chi connectivity index (χ4n) is 3.42. The van der Waals surface area contributed by atoms with Gasteiger partial charge >= 0.3 is 5.97 Å². The molecule has 0 spiro atoms. The Kier molecular flexibility index (Phi) is 5.46. The van der Waals surface area contributed by atoms with Gasteiger partial charge in [-0.25, -0.2) is 4.79 Å². The molecule has 3 aromatic rings. The molecule has 1 aliphatic rings. The molecule has 4 rings (SSSR count). The summed E-state index contributed by atoms with van der Waals surface area (Å²) in [5, 5.41) is 11.7. The first-order chi connectivity index (χ1) is 15.3. The van der Waals surface area contributed by atoms with Gasteiger partial charge in [0.25, 0.3) is 11.8 Å². The number of thiocarbonyl (C=S) groups is 1. The number of carbonyl (C=O) groups excluding carboxylic acids is 2. The van der Waals surface area contributed by atoms with E-state index in [4.69, 9.17) is 17.3 Å². The SMILES string of the molecule is Cc1ccc(N2C(=O)/C(=C/c3cccn3-c3ccc(C(=O)O)cc3)C(=O)NC2=S)cc1C. The van der Waals surface area contributed by atoms with E-state index >= 15 is 0 Å². The summed E-state index contributed by atoms with van der Waals surface area (Å²) in [6, 6.07) is 15.4. The molecule has 7 nitrogen and oxygen atoms in total. The highest BCUT2D eigenvalue weighted by Crippen LogP contribution is 2.25. The summed E-state index contributed by atoms with van der Waals surface area (Å²) in [4.78, 5) is 38.3. The number of amides is 2. The standard InChI is InChI=1S/C24H19N3O4S/c1-14-5-8-19(12-15(14)2)27-22(29)20(21(28)25-24(27)32)13-18-4-3-11-26(18)17-9-6-16(7-10-17)23(30)31/h3-13H,1-2H3,(H,30,31)(H,25,28,32)/b20-13+. The maximum Gasteiger partial charge on any atom is 0.335 e. The van der Waals surface area contributed by atoms with Crippen LogP contribution >= 0.6 is 12.2 Å². The van der Waals surface area contributed by atoms with Crippen LogP contribution in [0, 0.1) is 13.8 Å². The van der Waals surface area contributed by atoms with Gasteiger partial charge in [0.15, 0.2) is 5.11 Å². The first-order valence-electron chi connectivity index (χ1n) is 9.76. The number of aromatic carboxylic acids is 1. The zero-order chi connectivity index (χ0) is 23.0. The van der Waals surface area contributed by atoms with Crippen LogP contribution in [-0.2, 0) is 9.59 Å². The summed E-state index contributed by atoms with van der Waals surface area (Å²) >= 11 is 5.27. The van der Waals surface area contributed by atoms with Gasteiger partial charge in [0.2, 0.25) is 0 Å². The molecule has 32 heavy (non-hydrogen) atoms. The molecule has 1 saturated heterocycles. The third-order valence-electron chi connectivity index (χ3n) is 5.32. The molecular formula is C24H19N3O4S. The van der Waals surface area contributed by atoms with E-state index in [0.717, 1.165) is 11.1 Å². The zero-order valence-corrected chi connectivity index (χ0v) is 18.1. The summed E-state index contributed by atoms with van der Waals surface area (Å²) in [6.45, 7) is 3.91. The van der Waals surface area contributed by atoms with Gasteiger partial charge in [-0.15, -0.1) is 0 Å². The normalized spacial score (nSPS) is 15.2. The largest absolute Gasteiger partial charge is 0.478 e. The second-order valence-electron chi connectivity index (χ2n) is 7.38.